The quantitative estimate of drug-likeness (QED) is 0.425. The van der Waals surface area contributed by atoms with Crippen LogP contribution in [0.3, 0.4) is 0 Å². The van der Waals surface area contributed by atoms with Gasteiger partial charge in [0.25, 0.3) is 0 Å². The summed E-state index contributed by atoms with van der Waals surface area (Å²) in [5.74, 6) is 1.72. The Morgan fingerprint density at radius 3 is 2.38 bits per heavy atom. The molecule has 3 aromatic carbocycles. The molecule has 5 heteroatoms. The van der Waals surface area contributed by atoms with E-state index in [1.165, 1.54) is 22.2 Å². The third-order valence-electron chi connectivity index (χ3n) is 4.44. The van der Waals surface area contributed by atoms with Gasteiger partial charge in [-0.15, -0.1) is 23.5 Å². The van der Waals surface area contributed by atoms with Crippen molar-refractivity contribution in [3.63, 3.8) is 0 Å². The van der Waals surface area contributed by atoms with E-state index in [1.807, 2.05) is 62.0 Å². The fourth-order valence-electron chi connectivity index (χ4n) is 2.79. The number of hydrogen-bond donors (Lipinski definition) is 1. The Morgan fingerprint density at radius 1 is 1.00 bits per heavy atom. The minimum absolute atomic E-state index is 0.000304. The summed E-state index contributed by atoms with van der Waals surface area (Å²) >= 11 is 3.35. The van der Waals surface area contributed by atoms with Gasteiger partial charge in [0.05, 0.1) is 12.4 Å². The second-order valence-corrected chi connectivity index (χ2v) is 9.14. The van der Waals surface area contributed by atoms with Crippen LogP contribution in [-0.4, -0.2) is 18.3 Å². The van der Waals surface area contributed by atoms with Crippen LogP contribution in [0.2, 0.25) is 0 Å². The van der Waals surface area contributed by atoms with E-state index in [1.54, 1.807) is 7.11 Å². The van der Waals surface area contributed by atoms with Gasteiger partial charge in [0.15, 0.2) is 0 Å². The Kier molecular flexibility index (Phi) is 7.67. The zero-order valence-electron chi connectivity index (χ0n) is 16.8. The van der Waals surface area contributed by atoms with Gasteiger partial charge in [0.2, 0.25) is 5.91 Å². The maximum absolute atomic E-state index is 12.6. The Hall–Kier alpha value is -2.37. The van der Waals surface area contributed by atoms with Crippen LogP contribution in [0.1, 0.15) is 18.1 Å². The summed E-state index contributed by atoms with van der Waals surface area (Å²) in [7, 11) is 1.65. The Balaban J connectivity index is 1.56. The van der Waals surface area contributed by atoms with Gasteiger partial charge in [-0.1, -0.05) is 30.3 Å². The number of rotatable bonds is 8. The first-order chi connectivity index (χ1) is 14.0. The number of carbonyl (C=O) groups is 1. The molecule has 1 unspecified atom stereocenters. The molecule has 0 saturated carbocycles. The number of anilines is 1. The van der Waals surface area contributed by atoms with Crippen LogP contribution in [0.5, 0.6) is 5.75 Å². The predicted molar refractivity (Wildman–Crippen MR) is 124 cm³/mol. The van der Waals surface area contributed by atoms with Crippen molar-refractivity contribution >= 4 is 35.1 Å². The fraction of sp³-hybridized carbons (Fsp3) is 0.208. The maximum Gasteiger partial charge on any atom is 0.237 e. The van der Waals surface area contributed by atoms with Crippen molar-refractivity contribution in [2.45, 2.75) is 34.6 Å². The van der Waals surface area contributed by atoms with Crippen LogP contribution in [0.4, 0.5) is 5.69 Å². The van der Waals surface area contributed by atoms with E-state index in [4.69, 9.17) is 4.74 Å². The second-order valence-electron chi connectivity index (χ2n) is 6.68. The standard InChI is InChI=1S/C24H25NO2S2/c1-17-15-19(16-28-21-7-5-4-6-8-21)9-14-23(17)25-24(26)18(2)29-22-12-10-20(27-3)11-13-22/h4-15,18H,16H2,1-3H3,(H,25,26). The van der Waals surface area contributed by atoms with E-state index < -0.39 is 0 Å². The number of benzene rings is 3. The number of amides is 1. The number of methoxy groups -OCH3 is 1. The zero-order chi connectivity index (χ0) is 20.6. The summed E-state index contributed by atoms with van der Waals surface area (Å²) in [6.45, 7) is 3.96. The van der Waals surface area contributed by atoms with Gasteiger partial charge in [-0.3, -0.25) is 4.79 Å². The highest BCUT2D eigenvalue weighted by Crippen LogP contribution is 2.28. The molecule has 0 aliphatic rings. The molecule has 1 atom stereocenters. The van der Waals surface area contributed by atoms with E-state index in [-0.39, 0.29) is 11.2 Å². The molecule has 3 aromatic rings. The number of aryl methyl sites for hydroxylation is 1. The SMILES string of the molecule is COc1ccc(SC(C)C(=O)Nc2ccc(CSc3ccccc3)cc2C)cc1. The normalized spacial score (nSPS) is 11.7. The van der Waals surface area contributed by atoms with Gasteiger partial charge in [-0.2, -0.15) is 0 Å². The molecule has 1 amide bonds. The first-order valence-corrected chi connectivity index (χ1v) is 11.3. The summed E-state index contributed by atoms with van der Waals surface area (Å²) in [4.78, 5) is 14.9. The summed E-state index contributed by atoms with van der Waals surface area (Å²) in [6, 6.07) is 24.4. The lowest BCUT2D eigenvalue weighted by Gasteiger charge is -2.14. The molecule has 3 rings (SSSR count). The minimum Gasteiger partial charge on any atom is -0.497 e. The van der Waals surface area contributed by atoms with Crippen LogP contribution in [0.15, 0.2) is 82.6 Å². The van der Waals surface area contributed by atoms with E-state index >= 15 is 0 Å². The minimum atomic E-state index is -0.198. The van der Waals surface area contributed by atoms with Gasteiger partial charge in [0.1, 0.15) is 5.75 Å². The van der Waals surface area contributed by atoms with Crippen molar-refractivity contribution in [1.82, 2.24) is 0 Å². The third-order valence-corrected chi connectivity index (χ3v) is 6.63. The zero-order valence-corrected chi connectivity index (χ0v) is 18.5. The number of hydrogen-bond acceptors (Lipinski definition) is 4. The van der Waals surface area contributed by atoms with Gasteiger partial charge < -0.3 is 10.1 Å². The topological polar surface area (TPSA) is 38.3 Å². The van der Waals surface area contributed by atoms with Crippen LogP contribution in [-0.2, 0) is 10.5 Å². The Morgan fingerprint density at radius 2 is 1.72 bits per heavy atom. The molecule has 0 bridgehead atoms. The summed E-state index contributed by atoms with van der Waals surface area (Å²) < 4.78 is 5.18. The lowest BCUT2D eigenvalue weighted by molar-refractivity contribution is -0.115. The van der Waals surface area contributed by atoms with Crippen LogP contribution in [0, 0.1) is 6.92 Å². The van der Waals surface area contributed by atoms with E-state index in [9.17, 15) is 4.79 Å². The van der Waals surface area contributed by atoms with E-state index in [0.29, 0.717) is 0 Å². The lowest BCUT2D eigenvalue weighted by atomic mass is 10.1. The third kappa shape index (κ3) is 6.31. The first-order valence-electron chi connectivity index (χ1n) is 9.44. The summed E-state index contributed by atoms with van der Waals surface area (Å²) in [5, 5.41) is 2.86. The number of nitrogens with one attached hydrogen (secondary N) is 1. The molecule has 0 saturated heterocycles. The van der Waals surface area contributed by atoms with Crippen molar-refractivity contribution < 1.29 is 9.53 Å². The average Bonchev–Trinajstić information content (AvgIpc) is 2.75. The van der Waals surface area contributed by atoms with Crippen molar-refractivity contribution in [3.8, 4) is 5.75 Å². The van der Waals surface area contributed by atoms with Gasteiger partial charge in [-0.05, 0) is 67.4 Å². The van der Waals surface area contributed by atoms with Crippen molar-refractivity contribution in [1.29, 1.82) is 0 Å². The van der Waals surface area contributed by atoms with E-state index in [2.05, 4.69) is 41.7 Å². The van der Waals surface area contributed by atoms with Gasteiger partial charge in [-0.25, -0.2) is 0 Å². The maximum atomic E-state index is 12.6. The first kappa shape index (κ1) is 21.3. The van der Waals surface area contributed by atoms with E-state index in [0.717, 1.165) is 27.6 Å². The van der Waals surface area contributed by atoms with Crippen LogP contribution < -0.4 is 10.1 Å². The van der Waals surface area contributed by atoms with Gasteiger partial charge >= 0.3 is 0 Å². The molecule has 3 nitrogen and oxygen atoms in total. The smallest absolute Gasteiger partial charge is 0.237 e. The van der Waals surface area contributed by atoms with Crippen molar-refractivity contribution in [2.24, 2.45) is 0 Å². The highest BCUT2D eigenvalue weighted by atomic mass is 32.2. The van der Waals surface area contributed by atoms with Crippen LogP contribution >= 0.6 is 23.5 Å². The number of carbonyl (C=O) groups excluding carboxylic acids is 1. The highest BCUT2D eigenvalue weighted by Gasteiger charge is 2.15. The molecular weight excluding hydrogens is 398 g/mol. The van der Waals surface area contributed by atoms with Crippen molar-refractivity contribution in [2.75, 3.05) is 12.4 Å². The molecule has 0 heterocycles. The number of thioether (sulfide) groups is 2. The highest BCUT2D eigenvalue weighted by molar-refractivity contribution is 8.00. The molecule has 0 fully saturated rings. The Bertz CT molecular complexity index is 943. The monoisotopic (exact) mass is 423 g/mol. The molecule has 0 aliphatic carbocycles. The largest absolute Gasteiger partial charge is 0.497 e. The average molecular weight is 424 g/mol. The summed E-state index contributed by atoms with van der Waals surface area (Å²) in [5.41, 5.74) is 3.19. The molecular formula is C24H25NO2S2. The van der Waals surface area contributed by atoms with Crippen molar-refractivity contribution in [3.05, 3.63) is 83.9 Å². The molecule has 150 valence electrons. The molecule has 29 heavy (non-hydrogen) atoms. The van der Waals surface area contributed by atoms with Crippen LogP contribution in [0.25, 0.3) is 0 Å². The molecule has 0 spiro atoms. The molecule has 1 N–H and O–H groups in total. The number of ether oxygens (including phenoxy) is 1. The second kappa shape index (κ2) is 10.4. The summed E-state index contributed by atoms with van der Waals surface area (Å²) in [6.07, 6.45) is 0. The lowest BCUT2D eigenvalue weighted by Crippen LogP contribution is -2.22. The van der Waals surface area contributed by atoms with Gasteiger partial charge in [0, 0.05) is 21.2 Å². The fourth-order valence-corrected chi connectivity index (χ4v) is 4.52. The molecule has 0 radical (unpaired) electrons. The Labute approximate surface area is 181 Å². The molecule has 0 aliphatic heterocycles. The predicted octanol–water partition coefficient (Wildman–Crippen LogP) is 6.42. The molecule has 0 aromatic heterocycles.